The lowest BCUT2D eigenvalue weighted by Crippen LogP contribution is -2.25. The van der Waals surface area contributed by atoms with Gasteiger partial charge in [-0.2, -0.15) is 18.3 Å². The van der Waals surface area contributed by atoms with Crippen LogP contribution in [0, 0.1) is 6.92 Å². The molecular weight excluding hydrogens is 283 g/mol. The number of nitrogens with zero attached hydrogens (tertiary/aromatic N) is 3. The fourth-order valence-corrected chi connectivity index (χ4v) is 1.96. The fraction of sp³-hybridized carbons (Fsp3) is 0.286. The van der Waals surface area contributed by atoms with E-state index in [4.69, 9.17) is 0 Å². The molecule has 7 heteroatoms. The van der Waals surface area contributed by atoms with Crippen LogP contribution in [0.2, 0.25) is 0 Å². The first-order valence-electron chi connectivity index (χ1n) is 6.24. The molecule has 21 heavy (non-hydrogen) atoms. The first kappa shape index (κ1) is 15.1. The van der Waals surface area contributed by atoms with Crippen molar-refractivity contribution >= 4 is 0 Å². The first-order valence-corrected chi connectivity index (χ1v) is 6.24. The monoisotopic (exact) mass is 297 g/mol. The number of aromatic nitrogens is 3. The van der Waals surface area contributed by atoms with Crippen molar-refractivity contribution in [3.8, 4) is 0 Å². The molecule has 0 saturated carbocycles. The molecule has 0 aliphatic heterocycles. The Kier molecular flexibility index (Phi) is 4.02. The topological polar surface area (TPSA) is 39.8 Å². The van der Waals surface area contributed by atoms with Gasteiger partial charge in [0, 0.05) is 6.54 Å². The number of benzene rings is 1. The van der Waals surface area contributed by atoms with E-state index in [0.29, 0.717) is 17.9 Å². The molecule has 1 aromatic heterocycles. The zero-order valence-corrected chi connectivity index (χ0v) is 11.4. The van der Waals surface area contributed by atoms with Gasteiger partial charge in [-0.05, 0) is 24.6 Å². The molecular formula is C14H14F3N3O. The van der Waals surface area contributed by atoms with E-state index >= 15 is 0 Å². The summed E-state index contributed by atoms with van der Waals surface area (Å²) in [7, 11) is 0. The number of allylic oxidation sites excluding steroid dienone is 1. The molecule has 0 aliphatic rings. The van der Waals surface area contributed by atoms with Crippen molar-refractivity contribution < 1.29 is 13.2 Å². The van der Waals surface area contributed by atoms with Crippen LogP contribution < -0.4 is 5.69 Å². The molecule has 1 aromatic carbocycles. The molecule has 0 atom stereocenters. The Morgan fingerprint density at radius 3 is 2.43 bits per heavy atom. The van der Waals surface area contributed by atoms with Gasteiger partial charge >= 0.3 is 11.9 Å². The van der Waals surface area contributed by atoms with E-state index in [9.17, 15) is 18.0 Å². The van der Waals surface area contributed by atoms with Crippen molar-refractivity contribution in [3.63, 3.8) is 0 Å². The van der Waals surface area contributed by atoms with Crippen molar-refractivity contribution in [2.45, 2.75) is 26.2 Å². The van der Waals surface area contributed by atoms with Crippen LogP contribution in [0.5, 0.6) is 0 Å². The van der Waals surface area contributed by atoms with Crippen molar-refractivity contribution in [2.75, 3.05) is 0 Å². The van der Waals surface area contributed by atoms with E-state index in [0.717, 1.165) is 12.1 Å². The summed E-state index contributed by atoms with van der Waals surface area (Å²) in [5, 5.41) is 4.09. The van der Waals surface area contributed by atoms with Crippen LogP contribution in [-0.4, -0.2) is 14.3 Å². The fourth-order valence-electron chi connectivity index (χ4n) is 1.96. The van der Waals surface area contributed by atoms with E-state index in [2.05, 4.69) is 11.7 Å². The van der Waals surface area contributed by atoms with Crippen molar-refractivity contribution in [2.24, 2.45) is 0 Å². The Balaban J connectivity index is 2.25. The highest BCUT2D eigenvalue weighted by Crippen LogP contribution is 2.29. The van der Waals surface area contributed by atoms with Gasteiger partial charge in [0.1, 0.15) is 5.82 Å². The van der Waals surface area contributed by atoms with Crippen molar-refractivity contribution in [3.05, 3.63) is 64.4 Å². The van der Waals surface area contributed by atoms with Gasteiger partial charge in [-0.3, -0.25) is 4.57 Å². The summed E-state index contributed by atoms with van der Waals surface area (Å²) < 4.78 is 40.1. The van der Waals surface area contributed by atoms with Crippen molar-refractivity contribution in [1.29, 1.82) is 0 Å². The minimum Gasteiger partial charge on any atom is -0.275 e. The van der Waals surface area contributed by atoms with E-state index in [1.54, 1.807) is 13.0 Å². The molecule has 2 rings (SSSR count). The number of rotatable bonds is 4. The number of alkyl halides is 3. The minimum absolute atomic E-state index is 0.127. The molecule has 4 nitrogen and oxygen atoms in total. The highest BCUT2D eigenvalue weighted by Gasteiger charge is 2.29. The summed E-state index contributed by atoms with van der Waals surface area (Å²) in [6.07, 6.45) is -2.78. The highest BCUT2D eigenvalue weighted by molar-refractivity contribution is 5.24. The molecule has 0 fully saturated rings. The molecule has 0 unspecified atom stereocenters. The molecule has 1 heterocycles. The Bertz CT molecular complexity index is 696. The average Bonchev–Trinajstić information content (AvgIpc) is 2.66. The second-order valence-electron chi connectivity index (χ2n) is 4.58. The van der Waals surface area contributed by atoms with Crippen LogP contribution in [0.15, 0.2) is 41.7 Å². The van der Waals surface area contributed by atoms with Crippen molar-refractivity contribution in [1.82, 2.24) is 14.3 Å². The normalized spacial score (nSPS) is 11.6. The zero-order valence-electron chi connectivity index (χ0n) is 11.4. The third-order valence-corrected chi connectivity index (χ3v) is 3.03. The summed E-state index contributed by atoms with van der Waals surface area (Å²) in [5.41, 5.74) is -0.451. The second kappa shape index (κ2) is 5.59. The molecule has 0 saturated heterocycles. The van der Waals surface area contributed by atoms with Gasteiger partial charge in [0.2, 0.25) is 0 Å². The van der Waals surface area contributed by atoms with Crippen LogP contribution in [0.25, 0.3) is 0 Å². The molecule has 112 valence electrons. The van der Waals surface area contributed by atoms with Gasteiger partial charge in [0.15, 0.2) is 0 Å². The maximum absolute atomic E-state index is 12.5. The smallest absolute Gasteiger partial charge is 0.275 e. The van der Waals surface area contributed by atoms with Crippen LogP contribution in [-0.2, 0) is 19.3 Å². The zero-order chi connectivity index (χ0) is 15.6. The van der Waals surface area contributed by atoms with Gasteiger partial charge in [0.05, 0.1) is 12.1 Å². The van der Waals surface area contributed by atoms with Crippen LogP contribution in [0.3, 0.4) is 0 Å². The third-order valence-electron chi connectivity index (χ3n) is 3.03. The Hall–Kier alpha value is -2.31. The van der Waals surface area contributed by atoms with E-state index in [1.165, 1.54) is 21.4 Å². The predicted octanol–water partition coefficient (Wildman–Crippen LogP) is 2.61. The molecule has 0 spiro atoms. The SMILES string of the molecule is C=CCn1c(C)nn(Cc2ccc(C(F)(F)F)cc2)c1=O. The molecule has 0 amide bonds. The summed E-state index contributed by atoms with van der Waals surface area (Å²) in [4.78, 5) is 12.0. The average molecular weight is 297 g/mol. The van der Waals surface area contributed by atoms with Gasteiger partial charge < -0.3 is 0 Å². The maximum Gasteiger partial charge on any atom is 0.416 e. The van der Waals surface area contributed by atoms with Gasteiger partial charge in [-0.1, -0.05) is 18.2 Å². The minimum atomic E-state index is -4.36. The largest absolute Gasteiger partial charge is 0.416 e. The summed E-state index contributed by atoms with van der Waals surface area (Å²) in [5.74, 6) is 0.534. The van der Waals surface area contributed by atoms with E-state index in [-0.39, 0.29) is 12.2 Å². The first-order chi connectivity index (χ1) is 9.82. The molecule has 0 aliphatic carbocycles. The number of aryl methyl sites for hydroxylation is 1. The lowest BCUT2D eigenvalue weighted by molar-refractivity contribution is -0.137. The number of halogens is 3. The van der Waals surface area contributed by atoms with Gasteiger partial charge in [-0.25, -0.2) is 9.48 Å². The van der Waals surface area contributed by atoms with Gasteiger partial charge in [-0.15, -0.1) is 6.58 Å². The van der Waals surface area contributed by atoms with E-state index < -0.39 is 11.7 Å². The predicted molar refractivity (Wildman–Crippen MR) is 72.0 cm³/mol. The molecule has 0 radical (unpaired) electrons. The van der Waals surface area contributed by atoms with Crippen LogP contribution in [0.1, 0.15) is 17.0 Å². The Morgan fingerprint density at radius 2 is 1.90 bits per heavy atom. The molecule has 0 N–H and O–H groups in total. The van der Waals surface area contributed by atoms with Gasteiger partial charge in [0.25, 0.3) is 0 Å². The maximum atomic E-state index is 12.5. The number of hydrogen-bond acceptors (Lipinski definition) is 2. The molecule has 0 bridgehead atoms. The standard InChI is InChI=1S/C14H14F3N3O/c1-3-8-19-10(2)18-20(13(19)21)9-11-4-6-12(7-5-11)14(15,16)17/h3-7H,1,8-9H2,2H3. The highest BCUT2D eigenvalue weighted by atomic mass is 19.4. The second-order valence-corrected chi connectivity index (χ2v) is 4.58. The summed E-state index contributed by atoms with van der Waals surface area (Å²) in [6.45, 7) is 5.72. The Labute approximate surface area is 119 Å². The summed E-state index contributed by atoms with van der Waals surface area (Å²) in [6, 6.07) is 4.68. The lowest BCUT2D eigenvalue weighted by Gasteiger charge is -2.07. The van der Waals surface area contributed by atoms with Crippen LogP contribution >= 0.6 is 0 Å². The number of hydrogen-bond donors (Lipinski definition) is 0. The molecule has 2 aromatic rings. The Morgan fingerprint density at radius 1 is 1.29 bits per heavy atom. The van der Waals surface area contributed by atoms with E-state index in [1.807, 2.05) is 0 Å². The van der Waals surface area contributed by atoms with Crippen LogP contribution in [0.4, 0.5) is 13.2 Å². The third kappa shape index (κ3) is 3.24. The lowest BCUT2D eigenvalue weighted by atomic mass is 10.1. The summed E-state index contributed by atoms with van der Waals surface area (Å²) >= 11 is 0. The quantitative estimate of drug-likeness (QED) is 0.814.